The zero-order valence-corrected chi connectivity index (χ0v) is 12.3. The molecule has 1 aliphatic rings. The number of pyridine rings is 1. The lowest BCUT2D eigenvalue weighted by Crippen LogP contribution is -2.31. The lowest BCUT2D eigenvalue weighted by atomic mass is 10.2. The number of halogens is 1. The van der Waals surface area contributed by atoms with Crippen molar-refractivity contribution in [3.63, 3.8) is 0 Å². The molecule has 2 aromatic heterocycles. The van der Waals surface area contributed by atoms with Crippen molar-refractivity contribution in [2.45, 2.75) is 12.5 Å². The molecule has 1 aliphatic heterocycles. The molecule has 3 heterocycles. The first-order valence-corrected chi connectivity index (χ1v) is 7.63. The summed E-state index contributed by atoms with van der Waals surface area (Å²) in [5.74, 6) is 0.0670. The Morgan fingerprint density at radius 1 is 1.45 bits per heavy atom. The number of carbonyl (C=O) groups is 1. The van der Waals surface area contributed by atoms with Crippen molar-refractivity contribution in [3.8, 4) is 0 Å². The summed E-state index contributed by atoms with van der Waals surface area (Å²) in [6, 6.07) is 7.71. The molecule has 20 heavy (non-hydrogen) atoms. The summed E-state index contributed by atoms with van der Waals surface area (Å²) in [6.45, 7) is 1.48. The molecule has 1 amide bonds. The average Bonchev–Trinajstić information content (AvgIpc) is 3.08. The quantitative estimate of drug-likeness (QED) is 0.947. The maximum Gasteiger partial charge on any atom is 0.264 e. The number of amides is 1. The van der Waals surface area contributed by atoms with Crippen molar-refractivity contribution in [2.24, 2.45) is 0 Å². The molecule has 1 saturated heterocycles. The van der Waals surface area contributed by atoms with Gasteiger partial charge in [-0.2, -0.15) is 0 Å². The van der Waals surface area contributed by atoms with Crippen molar-refractivity contribution in [1.82, 2.24) is 9.88 Å². The largest absolute Gasteiger partial charge is 0.379 e. The minimum atomic E-state index is 0.0670. The molecule has 0 bridgehead atoms. The molecule has 0 aliphatic carbocycles. The van der Waals surface area contributed by atoms with Gasteiger partial charge in [-0.25, -0.2) is 0 Å². The van der Waals surface area contributed by atoms with E-state index in [1.807, 2.05) is 17.0 Å². The zero-order chi connectivity index (χ0) is 13.9. The molecule has 1 N–H and O–H groups in total. The van der Waals surface area contributed by atoms with Crippen LogP contribution < -0.4 is 5.32 Å². The molecule has 0 aromatic carbocycles. The monoisotopic (exact) mass is 307 g/mol. The number of aromatic nitrogens is 1. The van der Waals surface area contributed by atoms with E-state index in [0.717, 1.165) is 18.7 Å². The molecule has 1 fully saturated rings. The molecule has 4 nitrogen and oxygen atoms in total. The summed E-state index contributed by atoms with van der Waals surface area (Å²) < 4.78 is 0.651. The van der Waals surface area contributed by atoms with Crippen LogP contribution in [0.25, 0.3) is 0 Å². The topological polar surface area (TPSA) is 45.2 Å². The maximum atomic E-state index is 12.3. The standard InChI is InChI=1S/C14H14ClN3OS/c15-13-4-3-12(20-13)14(19)18-7-5-11(9-18)17-10-2-1-6-16-8-10/h1-4,6,8,11,17H,5,7,9H2/t11-/m1/s1. The third-order valence-corrected chi connectivity index (χ3v) is 4.51. The summed E-state index contributed by atoms with van der Waals surface area (Å²) in [4.78, 5) is 18.9. The first-order valence-electron chi connectivity index (χ1n) is 6.43. The molecular formula is C14H14ClN3OS. The van der Waals surface area contributed by atoms with Crippen molar-refractivity contribution in [3.05, 3.63) is 45.9 Å². The Kier molecular flexibility index (Phi) is 3.89. The number of rotatable bonds is 3. The molecule has 0 unspecified atom stereocenters. The molecule has 0 radical (unpaired) electrons. The summed E-state index contributed by atoms with van der Waals surface area (Å²) in [5.41, 5.74) is 0.992. The van der Waals surface area contributed by atoms with Crippen LogP contribution in [0.4, 0.5) is 5.69 Å². The second kappa shape index (κ2) is 5.81. The lowest BCUT2D eigenvalue weighted by molar-refractivity contribution is 0.0796. The van der Waals surface area contributed by atoms with Gasteiger partial charge in [0.1, 0.15) is 0 Å². The molecule has 0 saturated carbocycles. The SMILES string of the molecule is O=C(c1ccc(Cl)s1)N1CC[C@@H](Nc2cccnc2)C1. The zero-order valence-electron chi connectivity index (χ0n) is 10.8. The van der Waals surface area contributed by atoms with Gasteiger partial charge in [-0.3, -0.25) is 9.78 Å². The Morgan fingerprint density at radius 3 is 3.05 bits per heavy atom. The normalized spacial score (nSPS) is 18.2. The smallest absolute Gasteiger partial charge is 0.264 e. The fourth-order valence-corrected chi connectivity index (χ4v) is 3.34. The lowest BCUT2D eigenvalue weighted by Gasteiger charge is -2.16. The first kappa shape index (κ1) is 13.4. The third kappa shape index (κ3) is 2.94. The van der Waals surface area contributed by atoms with E-state index >= 15 is 0 Å². The minimum Gasteiger partial charge on any atom is -0.379 e. The minimum absolute atomic E-state index is 0.0670. The van der Waals surface area contributed by atoms with Crippen LogP contribution in [0.5, 0.6) is 0 Å². The predicted molar refractivity (Wildman–Crippen MR) is 81.5 cm³/mol. The van der Waals surface area contributed by atoms with Gasteiger partial charge in [-0.1, -0.05) is 11.6 Å². The first-order chi connectivity index (χ1) is 9.72. The van der Waals surface area contributed by atoms with Gasteiger partial charge in [0.15, 0.2) is 0 Å². The van der Waals surface area contributed by atoms with Gasteiger partial charge in [0.2, 0.25) is 0 Å². The Labute approximate surface area is 126 Å². The molecular weight excluding hydrogens is 294 g/mol. The molecule has 1 atom stereocenters. The van der Waals surface area contributed by atoms with E-state index in [0.29, 0.717) is 15.8 Å². The van der Waals surface area contributed by atoms with E-state index in [9.17, 15) is 4.79 Å². The van der Waals surface area contributed by atoms with Gasteiger partial charge in [0.05, 0.1) is 14.9 Å². The van der Waals surface area contributed by atoms with E-state index < -0.39 is 0 Å². The number of thiophene rings is 1. The van der Waals surface area contributed by atoms with Crippen LogP contribution in [-0.4, -0.2) is 34.9 Å². The summed E-state index contributed by atoms with van der Waals surface area (Å²) in [7, 11) is 0. The second-order valence-electron chi connectivity index (χ2n) is 4.73. The molecule has 104 valence electrons. The van der Waals surface area contributed by atoms with E-state index in [-0.39, 0.29) is 11.9 Å². The van der Waals surface area contributed by atoms with Gasteiger partial charge in [0.25, 0.3) is 5.91 Å². The van der Waals surface area contributed by atoms with Gasteiger partial charge < -0.3 is 10.2 Å². The number of hydrogen-bond acceptors (Lipinski definition) is 4. The van der Waals surface area contributed by atoms with Crippen LogP contribution in [0, 0.1) is 0 Å². The van der Waals surface area contributed by atoms with Gasteiger partial charge in [-0.15, -0.1) is 11.3 Å². The molecule has 6 heteroatoms. The number of carbonyl (C=O) groups excluding carboxylic acids is 1. The number of likely N-dealkylation sites (tertiary alicyclic amines) is 1. The Balaban J connectivity index is 1.61. The molecule has 3 rings (SSSR count). The molecule has 0 spiro atoms. The highest BCUT2D eigenvalue weighted by Gasteiger charge is 2.27. The average molecular weight is 308 g/mol. The predicted octanol–water partition coefficient (Wildman–Crippen LogP) is 3.12. The van der Waals surface area contributed by atoms with E-state index in [2.05, 4.69) is 10.3 Å². The van der Waals surface area contributed by atoms with Gasteiger partial charge in [-0.05, 0) is 30.7 Å². The highest BCUT2D eigenvalue weighted by Crippen LogP contribution is 2.24. The van der Waals surface area contributed by atoms with E-state index in [1.54, 1.807) is 24.5 Å². The second-order valence-corrected chi connectivity index (χ2v) is 6.44. The van der Waals surface area contributed by atoms with Crippen LogP contribution in [0.2, 0.25) is 4.34 Å². The van der Waals surface area contributed by atoms with Crippen molar-refractivity contribution in [2.75, 3.05) is 18.4 Å². The fourth-order valence-electron chi connectivity index (χ4n) is 2.33. The Bertz CT molecular complexity index is 601. The fraction of sp³-hybridized carbons (Fsp3) is 0.286. The number of nitrogens with one attached hydrogen (secondary N) is 1. The van der Waals surface area contributed by atoms with E-state index in [4.69, 9.17) is 11.6 Å². The highest BCUT2D eigenvalue weighted by atomic mass is 35.5. The van der Waals surface area contributed by atoms with Crippen molar-refractivity contribution in [1.29, 1.82) is 0 Å². The van der Waals surface area contributed by atoms with Crippen LogP contribution in [-0.2, 0) is 0 Å². The summed E-state index contributed by atoms with van der Waals surface area (Å²) in [6.07, 6.45) is 4.49. The van der Waals surface area contributed by atoms with Gasteiger partial charge >= 0.3 is 0 Å². The number of anilines is 1. The maximum absolute atomic E-state index is 12.3. The van der Waals surface area contributed by atoms with Crippen molar-refractivity contribution < 1.29 is 4.79 Å². The third-order valence-electron chi connectivity index (χ3n) is 3.29. The number of nitrogens with zero attached hydrogens (tertiary/aromatic N) is 2. The Morgan fingerprint density at radius 2 is 2.35 bits per heavy atom. The van der Waals surface area contributed by atoms with Crippen molar-refractivity contribution >= 4 is 34.5 Å². The van der Waals surface area contributed by atoms with Crippen LogP contribution in [0.1, 0.15) is 16.1 Å². The van der Waals surface area contributed by atoms with Crippen LogP contribution in [0.3, 0.4) is 0 Å². The summed E-state index contributed by atoms with van der Waals surface area (Å²) in [5, 5.41) is 3.40. The molecule has 2 aromatic rings. The van der Waals surface area contributed by atoms with Gasteiger partial charge in [0, 0.05) is 31.5 Å². The number of hydrogen-bond donors (Lipinski definition) is 1. The summed E-state index contributed by atoms with van der Waals surface area (Å²) >= 11 is 7.21. The van der Waals surface area contributed by atoms with Crippen LogP contribution >= 0.6 is 22.9 Å². The Hall–Kier alpha value is -1.59. The van der Waals surface area contributed by atoms with Crippen LogP contribution in [0.15, 0.2) is 36.7 Å². The highest BCUT2D eigenvalue weighted by molar-refractivity contribution is 7.17. The van der Waals surface area contributed by atoms with E-state index in [1.165, 1.54) is 11.3 Å².